The number of fused-ring (bicyclic) bond motifs is 1. The zero-order valence-electron chi connectivity index (χ0n) is 19.9. The molecule has 2 N–H and O–H groups in total. The number of rotatable bonds is 3. The van der Waals surface area contributed by atoms with Crippen molar-refractivity contribution in [1.82, 2.24) is 10.3 Å². The summed E-state index contributed by atoms with van der Waals surface area (Å²) in [6, 6.07) is 12.9. The highest BCUT2D eigenvalue weighted by Gasteiger charge is 2.44. The first-order valence-corrected chi connectivity index (χ1v) is 11.8. The number of anilines is 1. The van der Waals surface area contributed by atoms with E-state index in [2.05, 4.69) is 15.6 Å². The summed E-state index contributed by atoms with van der Waals surface area (Å²) in [5.41, 5.74) is 1.54. The number of hydrogen-bond donors (Lipinski definition) is 2. The van der Waals surface area contributed by atoms with Gasteiger partial charge in [0.25, 0.3) is 11.8 Å². The van der Waals surface area contributed by atoms with Crippen molar-refractivity contribution < 1.29 is 32.2 Å². The summed E-state index contributed by atoms with van der Waals surface area (Å²) in [5, 5.41) is 5.61. The normalized spacial score (nSPS) is 16.8. The van der Waals surface area contributed by atoms with Crippen LogP contribution in [-0.4, -0.2) is 35.6 Å². The number of halogens is 3. The number of pyridine rings is 1. The molecule has 37 heavy (non-hydrogen) atoms. The lowest BCUT2D eigenvalue weighted by atomic mass is 9.93. The molecule has 0 aliphatic carbocycles. The van der Waals surface area contributed by atoms with Gasteiger partial charge in [0.1, 0.15) is 11.4 Å². The van der Waals surface area contributed by atoms with Crippen LogP contribution in [0.2, 0.25) is 0 Å². The summed E-state index contributed by atoms with van der Waals surface area (Å²) >= 11 is 0. The minimum Gasteiger partial charge on any atom is -0.477 e. The highest BCUT2D eigenvalue weighted by Crippen LogP contribution is 2.37. The first-order chi connectivity index (χ1) is 17.6. The number of carbonyl (C=O) groups is 2. The molecule has 3 aromatic rings. The minimum atomic E-state index is -4.65. The molecule has 2 aliphatic rings. The van der Waals surface area contributed by atoms with Gasteiger partial charge in [0, 0.05) is 42.4 Å². The molecule has 2 aromatic carbocycles. The second-order valence-electron chi connectivity index (χ2n) is 9.13. The Bertz CT molecular complexity index is 1370. The highest BCUT2D eigenvalue weighted by molar-refractivity contribution is 6.04. The molecule has 0 atom stereocenters. The first-order valence-electron chi connectivity index (χ1n) is 11.8. The fourth-order valence-electron chi connectivity index (χ4n) is 4.53. The van der Waals surface area contributed by atoms with E-state index in [0.717, 1.165) is 34.5 Å². The maximum atomic E-state index is 13.0. The lowest BCUT2D eigenvalue weighted by Gasteiger charge is -2.34. The molecule has 1 aromatic heterocycles. The van der Waals surface area contributed by atoms with Crippen molar-refractivity contribution in [3.05, 3.63) is 77.1 Å². The van der Waals surface area contributed by atoms with Gasteiger partial charge in [0.05, 0.1) is 13.2 Å². The number of amides is 2. The number of benzene rings is 2. The van der Waals surface area contributed by atoms with Crippen LogP contribution in [0.1, 0.15) is 40.0 Å². The van der Waals surface area contributed by atoms with Gasteiger partial charge in [-0.3, -0.25) is 14.6 Å². The van der Waals surface area contributed by atoms with E-state index in [1.165, 1.54) is 6.07 Å². The molecule has 10 heteroatoms. The summed E-state index contributed by atoms with van der Waals surface area (Å²) in [6.45, 7) is 3.13. The number of hydrogen-bond acceptors (Lipinski definition) is 5. The van der Waals surface area contributed by atoms with Crippen molar-refractivity contribution in [2.24, 2.45) is 0 Å². The third-order valence-electron chi connectivity index (χ3n) is 6.65. The number of carbonyl (C=O) groups excluding carboxylic acids is 2. The van der Waals surface area contributed by atoms with E-state index < -0.39 is 23.4 Å². The molecule has 3 heterocycles. The van der Waals surface area contributed by atoms with Gasteiger partial charge in [-0.05, 0) is 53.9 Å². The average molecular weight is 512 g/mol. The van der Waals surface area contributed by atoms with Crippen molar-refractivity contribution in [3.8, 4) is 16.9 Å². The van der Waals surface area contributed by atoms with Crippen LogP contribution in [0.4, 0.5) is 18.9 Å². The van der Waals surface area contributed by atoms with E-state index in [1.54, 1.807) is 12.1 Å². The van der Waals surface area contributed by atoms with Crippen LogP contribution in [0.15, 0.2) is 54.7 Å². The van der Waals surface area contributed by atoms with Crippen LogP contribution >= 0.6 is 0 Å². The van der Waals surface area contributed by atoms with E-state index in [0.29, 0.717) is 44.0 Å². The van der Waals surface area contributed by atoms with Crippen molar-refractivity contribution >= 4 is 17.5 Å². The van der Waals surface area contributed by atoms with Crippen LogP contribution in [0.3, 0.4) is 0 Å². The van der Waals surface area contributed by atoms with E-state index in [4.69, 9.17) is 9.47 Å². The van der Waals surface area contributed by atoms with Gasteiger partial charge in [0.2, 0.25) is 0 Å². The van der Waals surface area contributed by atoms with Gasteiger partial charge in [-0.2, -0.15) is 13.2 Å². The zero-order valence-corrected chi connectivity index (χ0v) is 19.9. The minimum absolute atomic E-state index is 0.151. The van der Waals surface area contributed by atoms with E-state index >= 15 is 0 Å². The molecular formula is C27H24F3N3O4. The molecule has 192 valence electrons. The number of alkyl halides is 3. The number of aromatic nitrogens is 1. The molecule has 0 radical (unpaired) electrons. The van der Waals surface area contributed by atoms with Crippen molar-refractivity contribution in [2.45, 2.75) is 38.1 Å². The number of aryl methyl sites for hydroxylation is 1. The lowest BCUT2D eigenvalue weighted by molar-refractivity contribution is -0.144. The third kappa shape index (κ3) is 5.01. The van der Waals surface area contributed by atoms with Gasteiger partial charge in [-0.15, -0.1) is 0 Å². The molecule has 1 fully saturated rings. The van der Waals surface area contributed by atoms with E-state index in [-0.39, 0.29) is 11.5 Å². The zero-order chi connectivity index (χ0) is 26.2. The van der Waals surface area contributed by atoms with Crippen molar-refractivity contribution in [3.63, 3.8) is 0 Å². The van der Waals surface area contributed by atoms with Crippen LogP contribution in [0.5, 0.6) is 5.75 Å². The number of nitrogens with one attached hydrogen (secondary N) is 2. The molecule has 0 saturated carbocycles. The summed E-state index contributed by atoms with van der Waals surface area (Å²) < 4.78 is 50.7. The Morgan fingerprint density at radius 1 is 1.08 bits per heavy atom. The van der Waals surface area contributed by atoms with Crippen LogP contribution in [0.25, 0.3) is 11.1 Å². The highest BCUT2D eigenvalue weighted by atomic mass is 19.4. The quantitative estimate of drug-likeness (QED) is 0.523. The van der Waals surface area contributed by atoms with E-state index in [1.807, 2.05) is 31.2 Å². The Kier molecular flexibility index (Phi) is 6.36. The maximum Gasteiger partial charge on any atom is 0.433 e. The Balaban J connectivity index is 1.43. The van der Waals surface area contributed by atoms with Gasteiger partial charge < -0.3 is 20.1 Å². The Morgan fingerprint density at radius 2 is 1.86 bits per heavy atom. The molecule has 2 aliphatic heterocycles. The monoisotopic (exact) mass is 511 g/mol. The van der Waals surface area contributed by atoms with Crippen LogP contribution in [0, 0.1) is 6.92 Å². The topological polar surface area (TPSA) is 89.6 Å². The van der Waals surface area contributed by atoms with Gasteiger partial charge in [-0.25, -0.2) is 0 Å². The SMILES string of the molecule is Cc1ccc(NC(=O)c2ccnc(C(F)(F)F)c2)cc1-c1ccc2c(c1)OC1(CCOCC1)C(=O)NC2. The fourth-order valence-corrected chi connectivity index (χ4v) is 4.53. The summed E-state index contributed by atoms with van der Waals surface area (Å²) in [6.07, 6.45) is -2.79. The Morgan fingerprint density at radius 3 is 2.62 bits per heavy atom. The molecule has 1 saturated heterocycles. The van der Waals surface area contributed by atoms with Gasteiger partial charge >= 0.3 is 6.18 Å². The molecule has 0 unspecified atom stereocenters. The predicted molar refractivity (Wildman–Crippen MR) is 129 cm³/mol. The van der Waals surface area contributed by atoms with E-state index in [9.17, 15) is 22.8 Å². The van der Waals surface area contributed by atoms with Gasteiger partial charge in [-0.1, -0.05) is 18.2 Å². The summed E-state index contributed by atoms with van der Waals surface area (Å²) in [4.78, 5) is 28.8. The van der Waals surface area contributed by atoms with Crippen LogP contribution in [-0.2, 0) is 22.3 Å². The predicted octanol–water partition coefficient (Wildman–Crippen LogP) is 4.89. The second-order valence-corrected chi connectivity index (χ2v) is 9.13. The third-order valence-corrected chi connectivity index (χ3v) is 6.65. The molecule has 2 amide bonds. The second kappa shape index (κ2) is 9.51. The molecule has 7 nitrogen and oxygen atoms in total. The molecule has 5 rings (SSSR count). The van der Waals surface area contributed by atoms with Crippen molar-refractivity contribution in [2.75, 3.05) is 18.5 Å². The molecule has 0 bridgehead atoms. The Hall–Kier alpha value is -3.92. The van der Waals surface area contributed by atoms with Crippen LogP contribution < -0.4 is 15.4 Å². The Labute approximate surface area is 211 Å². The summed E-state index contributed by atoms with van der Waals surface area (Å²) in [7, 11) is 0. The lowest BCUT2D eigenvalue weighted by Crippen LogP contribution is -2.53. The average Bonchev–Trinajstić information content (AvgIpc) is 3.01. The molecular weight excluding hydrogens is 487 g/mol. The number of nitrogens with zero attached hydrogens (tertiary/aromatic N) is 1. The van der Waals surface area contributed by atoms with Gasteiger partial charge in [0.15, 0.2) is 5.60 Å². The fraction of sp³-hybridized carbons (Fsp3) is 0.296. The standard InChI is InChI=1S/C27H24F3N3O4/c1-16-2-5-20(33-24(34)18-6-9-31-23(13-18)27(28,29)30)14-21(16)17-3-4-19-15-32-25(35)26(37-22(19)12-17)7-10-36-11-8-26/h2-6,9,12-14H,7-8,10-11,15H2,1H3,(H,32,35)(H,33,34). The maximum absolute atomic E-state index is 13.0. The molecule has 1 spiro atoms. The largest absolute Gasteiger partial charge is 0.477 e. The number of ether oxygens (including phenoxy) is 2. The smallest absolute Gasteiger partial charge is 0.433 e. The van der Waals surface area contributed by atoms with Crippen molar-refractivity contribution in [1.29, 1.82) is 0 Å². The summed E-state index contributed by atoms with van der Waals surface area (Å²) in [5.74, 6) is -0.235. The first kappa shape index (κ1) is 24.8.